The van der Waals surface area contributed by atoms with Gasteiger partial charge < -0.3 is 65.1 Å². The highest BCUT2D eigenvalue weighted by Crippen LogP contribution is 2.30. The number of amides is 1. The summed E-state index contributed by atoms with van der Waals surface area (Å²) in [6.45, 7) is 2.84. The van der Waals surface area contributed by atoms with Crippen LogP contribution in [0.3, 0.4) is 0 Å². The average Bonchev–Trinajstić information content (AvgIpc) is 3.34. The van der Waals surface area contributed by atoms with Crippen LogP contribution in [0, 0.1) is 0 Å². The number of nitrogens with one attached hydrogen (secondary N) is 1. The molecular weight excluding hydrogens is 871 g/mol. The van der Waals surface area contributed by atoms with E-state index in [4.69, 9.17) is 18.9 Å². The summed E-state index contributed by atoms with van der Waals surface area (Å²) in [5.41, 5.74) is 0. The molecule has 0 aromatic rings. The molecule has 2 rings (SSSR count). The van der Waals surface area contributed by atoms with Crippen molar-refractivity contribution in [2.75, 3.05) is 19.8 Å². The van der Waals surface area contributed by atoms with Gasteiger partial charge in [0.05, 0.1) is 32.0 Å². The highest BCUT2D eigenvalue weighted by molar-refractivity contribution is 5.76. The largest absolute Gasteiger partial charge is 0.394 e. The summed E-state index contributed by atoms with van der Waals surface area (Å²) in [5, 5.41) is 87.0. The summed E-state index contributed by atoms with van der Waals surface area (Å²) in [5.74, 6) is -0.215. The van der Waals surface area contributed by atoms with E-state index in [2.05, 4.69) is 31.3 Å². The van der Waals surface area contributed by atoms with E-state index in [9.17, 15) is 45.6 Å². The smallest absolute Gasteiger partial charge is 0.220 e. The third-order valence-corrected chi connectivity index (χ3v) is 14.0. The fraction of sp³-hybridized carbons (Fsp3) is 0.944. The molecule has 402 valence electrons. The molecule has 1 amide bonds. The topological polar surface area (TPSA) is 228 Å². The lowest BCUT2D eigenvalue weighted by atomic mass is 9.97. The van der Waals surface area contributed by atoms with Gasteiger partial charge in [-0.2, -0.15) is 0 Å². The number of unbranched alkanes of at least 4 members (excludes halogenated alkanes) is 29. The summed E-state index contributed by atoms with van der Waals surface area (Å²) in [6.07, 6.45) is 27.9. The van der Waals surface area contributed by atoms with Crippen molar-refractivity contribution in [3.8, 4) is 0 Å². The molecule has 2 heterocycles. The van der Waals surface area contributed by atoms with E-state index in [1.54, 1.807) is 0 Å². The SMILES string of the molecule is CCCCC/C=C\CCCCCCCC(=O)NC(COC1OC(CO)C(OC2OC(CO)C(O)C(O)C2O)C(O)C1O)C(O)CCCCCCCCCCCCCCCCCCCCCCCC. The molecule has 2 saturated heterocycles. The highest BCUT2D eigenvalue weighted by atomic mass is 16.7. The standard InChI is InChI=1S/C54H103NO13/c1-3-5-7-9-11-13-15-17-18-19-20-21-22-23-24-25-26-27-29-31-33-35-37-43(58)42(55-46(59)38-36-34-32-30-28-16-14-12-10-8-6-4-2)41-65-53-51(64)49(62)52(45(40-57)67-53)68-54-50(63)48(61)47(60)44(39-56)66-54/h12,14,42-45,47-54,56-58,60-64H,3-11,13,15-41H2,1-2H3,(H,55,59)/b14-12-. The molecule has 2 aliphatic heterocycles. The third-order valence-electron chi connectivity index (χ3n) is 14.0. The third kappa shape index (κ3) is 27.5. The maximum absolute atomic E-state index is 13.2. The Morgan fingerprint density at radius 1 is 0.515 bits per heavy atom. The monoisotopic (exact) mass is 974 g/mol. The fourth-order valence-electron chi connectivity index (χ4n) is 9.41. The van der Waals surface area contributed by atoms with Crippen LogP contribution >= 0.6 is 0 Å². The van der Waals surface area contributed by atoms with Gasteiger partial charge >= 0.3 is 0 Å². The van der Waals surface area contributed by atoms with E-state index in [1.807, 2.05) is 0 Å². The Bertz CT molecular complexity index is 1200. The lowest BCUT2D eigenvalue weighted by Crippen LogP contribution is -2.65. The molecule has 12 atom stereocenters. The first-order valence-electron chi connectivity index (χ1n) is 27.9. The number of hydrogen-bond acceptors (Lipinski definition) is 13. The number of carbonyl (C=O) groups is 1. The second kappa shape index (κ2) is 41.2. The van der Waals surface area contributed by atoms with Crippen LogP contribution in [0.25, 0.3) is 0 Å². The van der Waals surface area contributed by atoms with Gasteiger partial charge in [0.25, 0.3) is 0 Å². The minimum Gasteiger partial charge on any atom is -0.394 e. The molecule has 0 spiro atoms. The predicted octanol–water partition coefficient (Wildman–Crippen LogP) is 8.33. The van der Waals surface area contributed by atoms with Gasteiger partial charge in [0.1, 0.15) is 48.8 Å². The van der Waals surface area contributed by atoms with Crippen molar-refractivity contribution in [1.82, 2.24) is 5.32 Å². The maximum Gasteiger partial charge on any atom is 0.220 e. The second-order valence-electron chi connectivity index (χ2n) is 20.1. The molecular formula is C54H103NO13. The average molecular weight is 974 g/mol. The van der Waals surface area contributed by atoms with Crippen LogP contribution in [0.1, 0.15) is 232 Å². The van der Waals surface area contributed by atoms with Crippen LogP contribution in [0.5, 0.6) is 0 Å². The first-order chi connectivity index (χ1) is 33.1. The van der Waals surface area contributed by atoms with Crippen LogP contribution in [0.4, 0.5) is 0 Å². The van der Waals surface area contributed by atoms with E-state index in [0.29, 0.717) is 19.3 Å². The zero-order valence-electron chi connectivity index (χ0n) is 42.9. The van der Waals surface area contributed by atoms with Crippen molar-refractivity contribution < 1.29 is 64.6 Å². The van der Waals surface area contributed by atoms with Gasteiger partial charge in [0.2, 0.25) is 5.91 Å². The number of hydrogen-bond donors (Lipinski definition) is 9. The number of ether oxygens (including phenoxy) is 4. The molecule has 12 unspecified atom stereocenters. The first kappa shape index (κ1) is 62.8. The maximum atomic E-state index is 13.2. The zero-order chi connectivity index (χ0) is 49.6. The predicted molar refractivity (Wildman–Crippen MR) is 268 cm³/mol. The summed E-state index contributed by atoms with van der Waals surface area (Å²) in [7, 11) is 0. The number of allylic oxidation sites excluding steroid dienone is 2. The molecule has 9 N–H and O–H groups in total. The highest BCUT2D eigenvalue weighted by Gasteiger charge is 2.51. The zero-order valence-corrected chi connectivity index (χ0v) is 42.9. The van der Waals surface area contributed by atoms with E-state index in [0.717, 1.165) is 64.2 Å². The van der Waals surface area contributed by atoms with E-state index < -0.39 is 86.8 Å². The van der Waals surface area contributed by atoms with Gasteiger partial charge in [-0.25, -0.2) is 0 Å². The van der Waals surface area contributed by atoms with E-state index in [-0.39, 0.29) is 12.5 Å². The number of aliphatic hydroxyl groups is 8. The van der Waals surface area contributed by atoms with Gasteiger partial charge in [-0.05, 0) is 38.5 Å². The second-order valence-corrected chi connectivity index (χ2v) is 20.1. The minimum absolute atomic E-state index is 0.215. The quantitative estimate of drug-likeness (QED) is 0.0207. The van der Waals surface area contributed by atoms with E-state index in [1.165, 1.54) is 135 Å². The van der Waals surface area contributed by atoms with Gasteiger partial charge in [0, 0.05) is 6.42 Å². The molecule has 68 heavy (non-hydrogen) atoms. The van der Waals surface area contributed by atoms with Crippen molar-refractivity contribution in [1.29, 1.82) is 0 Å². The van der Waals surface area contributed by atoms with Crippen molar-refractivity contribution in [2.24, 2.45) is 0 Å². The number of rotatable bonds is 44. The van der Waals surface area contributed by atoms with Crippen molar-refractivity contribution >= 4 is 5.91 Å². The Morgan fingerprint density at radius 3 is 1.43 bits per heavy atom. The molecule has 0 saturated carbocycles. The summed E-state index contributed by atoms with van der Waals surface area (Å²) in [6, 6.07) is -0.829. The molecule has 0 aliphatic carbocycles. The van der Waals surface area contributed by atoms with E-state index >= 15 is 0 Å². The van der Waals surface area contributed by atoms with Crippen LogP contribution in [-0.4, -0.2) is 140 Å². The molecule has 0 aromatic heterocycles. The molecule has 14 heteroatoms. The Balaban J connectivity index is 1.76. The van der Waals surface area contributed by atoms with Gasteiger partial charge in [-0.3, -0.25) is 4.79 Å². The van der Waals surface area contributed by atoms with Crippen LogP contribution in [0.2, 0.25) is 0 Å². The molecule has 0 bridgehead atoms. The first-order valence-corrected chi connectivity index (χ1v) is 27.9. The van der Waals surface area contributed by atoms with Crippen molar-refractivity contribution in [3.05, 3.63) is 12.2 Å². The lowest BCUT2D eigenvalue weighted by molar-refractivity contribution is -0.359. The Kier molecular flexibility index (Phi) is 38.1. The molecule has 2 aliphatic rings. The molecule has 2 fully saturated rings. The van der Waals surface area contributed by atoms with Gasteiger partial charge in [-0.15, -0.1) is 0 Å². The Hall–Kier alpha value is -1.27. The summed E-state index contributed by atoms with van der Waals surface area (Å²) < 4.78 is 22.8. The molecule has 0 aromatic carbocycles. The van der Waals surface area contributed by atoms with Crippen molar-refractivity contribution in [3.63, 3.8) is 0 Å². The molecule has 0 radical (unpaired) electrons. The van der Waals surface area contributed by atoms with Gasteiger partial charge in [-0.1, -0.05) is 199 Å². The molecule has 14 nitrogen and oxygen atoms in total. The van der Waals surface area contributed by atoms with Crippen molar-refractivity contribution in [2.45, 2.75) is 306 Å². The number of carbonyl (C=O) groups excluding carboxylic acids is 1. The Labute approximate surface area is 412 Å². The van der Waals surface area contributed by atoms with Crippen LogP contribution in [-0.2, 0) is 23.7 Å². The minimum atomic E-state index is -1.78. The summed E-state index contributed by atoms with van der Waals surface area (Å²) >= 11 is 0. The van der Waals surface area contributed by atoms with Crippen LogP contribution < -0.4 is 5.32 Å². The Morgan fingerprint density at radius 2 is 0.926 bits per heavy atom. The summed E-state index contributed by atoms with van der Waals surface area (Å²) in [4.78, 5) is 13.2. The fourth-order valence-corrected chi connectivity index (χ4v) is 9.41. The van der Waals surface area contributed by atoms with Crippen LogP contribution in [0.15, 0.2) is 12.2 Å². The lowest BCUT2D eigenvalue weighted by Gasteiger charge is -2.46. The van der Waals surface area contributed by atoms with Gasteiger partial charge in [0.15, 0.2) is 12.6 Å². The number of aliphatic hydroxyl groups excluding tert-OH is 8. The normalized spacial score (nSPS) is 26.4.